The number of nitrogens with one attached hydrogen (secondary N) is 3. The molecular weight excluding hydrogens is 367 g/mol. The molecule has 0 fully saturated rings. The predicted molar refractivity (Wildman–Crippen MR) is 103 cm³/mol. The number of carbonyl (C=O) groups is 2. The van der Waals surface area contributed by atoms with E-state index in [0.717, 1.165) is 5.56 Å². The summed E-state index contributed by atoms with van der Waals surface area (Å²) >= 11 is 1.24. The monoisotopic (exact) mass is 384 g/mol. The summed E-state index contributed by atoms with van der Waals surface area (Å²) in [5, 5.41) is 10.2. The van der Waals surface area contributed by atoms with Crippen LogP contribution in [-0.2, 0) is 17.8 Å². The summed E-state index contributed by atoms with van der Waals surface area (Å²) in [6, 6.07) is 14.6. The van der Waals surface area contributed by atoms with E-state index in [1.165, 1.54) is 23.5 Å². The fraction of sp³-hybridized carbons (Fsp3) is 0.105. The Morgan fingerprint density at radius 3 is 2.48 bits per heavy atom. The van der Waals surface area contributed by atoms with Gasteiger partial charge in [-0.15, -0.1) is 11.3 Å². The number of amides is 3. The molecule has 0 unspecified atom stereocenters. The van der Waals surface area contributed by atoms with Gasteiger partial charge in [-0.1, -0.05) is 30.3 Å². The van der Waals surface area contributed by atoms with Gasteiger partial charge in [0, 0.05) is 17.6 Å². The predicted octanol–water partition coefficient (Wildman–Crippen LogP) is 3.79. The van der Waals surface area contributed by atoms with Crippen molar-refractivity contribution < 1.29 is 14.0 Å². The molecule has 2 aromatic carbocycles. The van der Waals surface area contributed by atoms with Crippen molar-refractivity contribution in [2.24, 2.45) is 0 Å². The average Bonchev–Trinajstić information content (AvgIpc) is 3.08. The maximum absolute atomic E-state index is 12.9. The third-order valence-electron chi connectivity index (χ3n) is 3.55. The molecule has 3 aromatic rings. The number of thiazole rings is 1. The van der Waals surface area contributed by atoms with Crippen molar-refractivity contribution in [3.8, 4) is 0 Å². The second-order valence-electron chi connectivity index (χ2n) is 5.67. The van der Waals surface area contributed by atoms with E-state index in [1.807, 2.05) is 18.2 Å². The number of carbonyl (C=O) groups excluding carboxylic acids is 2. The van der Waals surface area contributed by atoms with Gasteiger partial charge in [0.05, 0.1) is 12.1 Å². The van der Waals surface area contributed by atoms with Crippen LogP contribution in [0.4, 0.5) is 20.0 Å². The van der Waals surface area contributed by atoms with E-state index in [-0.39, 0.29) is 18.1 Å². The maximum Gasteiger partial charge on any atom is 0.325 e. The molecule has 0 bridgehead atoms. The minimum Gasteiger partial charge on any atom is -0.352 e. The summed E-state index contributed by atoms with van der Waals surface area (Å²) in [4.78, 5) is 28.2. The average molecular weight is 384 g/mol. The second-order valence-corrected chi connectivity index (χ2v) is 6.53. The van der Waals surface area contributed by atoms with E-state index in [1.54, 1.807) is 29.6 Å². The second kappa shape index (κ2) is 8.91. The van der Waals surface area contributed by atoms with Gasteiger partial charge >= 0.3 is 6.03 Å². The van der Waals surface area contributed by atoms with E-state index >= 15 is 0 Å². The Hall–Kier alpha value is -3.26. The molecule has 0 spiro atoms. The van der Waals surface area contributed by atoms with Crippen molar-refractivity contribution in [3.05, 3.63) is 77.1 Å². The van der Waals surface area contributed by atoms with Crippen LogP contribution in [0.3, 0.4) is 0 Å². The lowest BCUT2D eigenvalue weighted by atomic mass is 10.2. The minimum atomic E-state index is -0.400. The van der Waals surface area contributed by atoms with Gasteiger partial charge in [0.2, 0.25) is 5.91 Å². The largest absolute Gasteiger partial charge is 0.352 e. The molecule has 3 amide bonds. The number of anilines is 2. The Morgan fingerprint density at radius 2 is 1.74 bits per heavy atom. The van der Waals surface area contributed by atoms with Crippen LogP contribution in [0, 0.1) is 5.82 Å². The lowest BCUT2D eigenvalue weighted by Gasteiger charge is -2.05. The molecule has 27 heavy (non-hydrogen) atoms. The normalized spacial score (nSPS) is 10.3. The van der Waals surface area contributed by atoms with Crippen molar-refractivity contribution in [1.29, 1.82) is 0 Å². The number of urea groups is 1. The standard InChI is InChI=1S/C19H17FN4O2S/c20-14-8-6-13(7-9-14)11-21-17(25)10-16-12-27-19(23-16)24-18(26)22-15-4-2-1-3-5-15/h1-9,12H,10-11H2,(H,21,25)(H2,22,23,24,26). The summed E-state index contributed by atoms with van der Waals surface area (Å²) in [5.41, 5.74) is 2.04. The van der Waals surface area contributed by atoms with Gasteiger partial charge in [-0.3, -0.25) is 10.1 Å². The molecule has 138 valence electrons. The smallest absolute Gasteiger partial charge is 0.325 e. The van der Waals surface area contributed by atoms with Crippen molar-refractivity contribution in [2.75, 3.05) is 10.6 Å². The third-order valence-corrected chi connectivity index (χ3v) is 4.36. The number of para-hydroxylation sites is 1. The molecule has 0 atom stereocenters. The summed E-state index contributed by atoms with van der Waals surface area (Å²) in [5.74, 6) is -0.520. The molecule has 1 aromatic heterocycles. The van der Waals surface area contributed by atoms with Crippen LogP contribution >= 0.6 is 11.3 Å². The Morgan fingerprint density at radius 1 is 1.00 bits per heavy atom. The number of halogens is 1. The molecule has 0 radical (unpaired) electrons. The van der Waals surface area contributed by atoms with Crippen LogP contribution in [0.2, 0.25) is 0 Å². The van der Waals surface area contributed by atoms with E-state index in [0.29, 0.717) is 23.1 Å². The number of hydrogen-bond acceptors (Lipinski definition) is 4. The molecule has 0 aliphatic carbocycles. The van der Waals surface area contributed by atoms with Crippen LogP contribution in [0.5, 0.6) is 0 Å². The van der Waals surface area contributed by atoms with Crippen molar-refractivity contribution in [1.82, 2.24) is 10.3 Å². The van der Waals surface area contributed by atoms with E-state index in [4.69, 9.17) is 0 Å². The zero-order chi connectivity index (χ0) is 19.1. The summed E-state index contributed by atoms with van der Waals surface area (Å²) in [7, 11) is 0. The number of rotatable bonds is 6. The number of aromatic nitrogens is 1. The molecular formula is C19H17FN4O2S. The fourth-order valence-corrected chi connectivity index (χ4v) is 2.96. The Labute approximate surface area is 159 Å². The van der Waals surface area contributed by atoms with E-state index < -0.39 is 6.03 Å². The SMILES string of the molecule is O=C(Cc1csc(NC(=O)Nc2ccccc2)n1)NCc1ccc(F)cc1. The topological polar surface area (TPSA) is 83.1 Å². The molecule has 3 rings (SSSR count). The highest BCUT2D eigenvalue weighted by Gasteiger charge is 2.10. The molecule has 0 aliphatic heterocycles. The molecule has 1 heterocycles. The van der Waals surface area contributed by atoms with Crippen LogP contribution in [0.15, 0.2) is 60.0 Å². The first-order valence-electron chi connectivity index (χ1n) is 8.17. The highest BCUT2D eigenvalue weighted by Crippen LogP contribution is 2.16. The highest BCUT2D eigenvalue weighted by molar-refractivity contribution is 7.14. The lowest BCUT2D eigenvalue weighted by molar-refractivity contribution is -0.120. The first kappa shape index (κ1) is 18.5. The minimum absolute atomic E-state index is 0.0969. The Bertz CT molecular complexity index is 913. The van der Waals surface area contributed by atoms with Gasteiger partial charge in [-0.25, -0.2) is 14.2 Å². The molecule has 0 aliphatic rings. The first-order chi connectivity index (χ1) is 13.1. The van der Waals surface area contributed by atoms with Gasteiger partial charge in [0.1, 0.15) is 5.82 Å². The molecule has 8 heteroatoms. The van der Waals surface area contributed by atoms with Crippen LogP contribution < -0.4 is 16.0 Å². The molecule has 0 saturated heterocycles. The third kappa shape index (κ3) is 5.89. The van der Waals surface area contributed by atoms with E-state index in [2.05, 4.69) is 20.9 Å². The van der Waals surface area contributed by atoms with Crippen LogP contribution in [-0.4, -0.2) is 16.9 Å². The molecule has 0 saturated carbocycles. The number of benzene rings is 2. The lowest BCUT2D eigenvalue weighted by Crippen LogP contribution is -2.24. The fourth-order valence-electron chi connectivity index (χ4n) is 2.26. The quantitative estimate of drug-likeness (QED) is 0.605. The summed E-state index contributed by atoms with van der Waals surface area (Å²) in [6.45, 7) is 0.313. The van der Waals surface area contributed by atoms with Gasteiger partial charge in [-0.05, 0) is 29.8 Å². The molecule has 3 N–H and O–H groups in total. The Balaban J connectivity index is 1.46. The van der Waals surface area contributed by atoms with Crippen LogP contribution in [0.25, 0.3) is 0 Å². The number of hydrogen-bond donors (Lipinski definition) is 3. The van der Waals surface area contributed by atoms with E-state index in [9.17, 15) is 14.0 Å². The zero-order valence-corrected chi connectivity index (χ0v) is 15.1. The summed E-state index contributed by atoms with van der Waals surface area (Å²) < 4.78 is 12.9. The van der Waals surface area contributed by atoms with Crippen molar-refractivity contribution in [2.45, 2.75) is 13.0 Å². The van der Waals surface area contributed by atoms with Gasteiger partial charge in [0.25, 0.3) is 0 Å². The zero-order valence-electron chi connectivity index (χ0n) is 14.2. The maximum atomic E-state index is 12.9. The Kier molecular flexibility index (Phi) is 6.11. The molecule has 6 nitrogen and oxygen atoms in total. The number of nitrogens with zero attached hydrogens (tertiary/aromatic N) is 1. The highest BCUT2D eigenvalue weighted by atomic mass is 32.1. The van der Waals surface area contributed by atoms with Crippen molar-refractivity contribution in [3.63, 3.8) is 0 Å². The van der Waals surface area contributed by atoms with Gasteiger partial charge in [0.15, 0.2) is 5.13 Å². The van der Waals surface area contributed by atoms with Gasteiger partial charge < -0.3 is 10.6 Å². The first-order valence-corrected chi connectivity index (χ1v) is 9.05. The van der Waals surface area contributed by atoms with Crippen LogP contribution in [0.1, 0.15) is 11.3 Å². The van der Waals surface area contributed by atoms with Crippen molar-refractivity contribution >= 4 is 34.1 Å². The van der Waals surface area contributed by atoms with Gasteiger partial charge in [-0.2, -0.15) is 0 Å². The summed E-state index contributed by atoms with van der Waals surface area (Å²) in [6.07, 6.45) is 0.0969.